The molecule has 0 aromatic carbocycles. The van der Waals surface area contributed by atoms with Crippen LogP contribution in [0.4, 0.5) is 0 Å². The second-order valence-corrected chi connectivity index (χ2v) is 6.79. The molecule has 0 radical (unpaired) electrons. The molecule has 2 amide bonds. The number of hydrogen-bond acceptors (Lipinski definition) is 4. The van der Waals surface area contributed by atoms with E-state index in [-0.39, 0.29) is 29.9 Å². The van der Waals surface area contributed by atoms with Crippen LogP contribution in [0.2, 0.25) is 0 Å². The summed E-state index contributed by atoms with van der Waals surface area (Å²) < 4.78 is 0. The molecule has 1 aromatic rings. The molecule has 0 spiro atoms. The summed E-state index contributed by atoms with van der Waals surface area (Å²) in [5.74, 6) is -0.0619. The minimum Gasteiger partial charge on any atom is -0.382 e. The van der Waals surface area contributed by atoms with Crippen molar-refractivity contribution in [2.75, 3.05) is 6.54 Å². The first-order chi connectivity index (χ1) is 11.7. The van der Waals surface area contributed by atoms with Crippen molar-refractivity contribution in [3.63, 3.8) is 0 Å². The second-order valence-electron chi connectivity index (χ2n) is 6.79. The van der Waals surface area contributed by atoms with E-state index in [1.165, 1.54) is 0 Å². The molecule has 1 aromatic heterocycles. The molecule has 3 heterocycles. The lowest BCUT2D eigenvalue weighted by atomic mass is 9.87. The number of pyridine rings is 1. The van der Waals surface area contributed by atoms with Gasteiger partial charge in [-0.05, 0) is 30.5 Å². The first-order valence-corrected chi connectivity index (χ1v) is 8.63. The monoisotopic (exact) mass is 326 g/mol. The van der Waals surface area contributed by atoms with Crippen molar-refractivity contribution >= 4 is 11.8 Å². The lowest BCUT2D eigenvalue weighted by Gasteiger charge is -2.42. The molecule has 0 bridgehead atoms. The first kappa shape index (κ1) is 15.2. The van der Waals surface area contributed by atoms with Gasteiger partial charge in [-0.15, -0.1) is 0 Å². The normalized spacial score (nSPS) is 29.3. The number of hydrogen-bond donors (Lipinski definition) is 2. The third-order valence-electron chi connectivity index (χ3n) is 5.38. The molecule has 2 aliphatic heterocycles. The second kappa shape index (κ2) is 5.92. The van der Waals surface area contributed by atoms with Gasteiger partial charge in [0, 0.05) is 31.1 Å². The highest BCUT2D eigenvalue weighted by Crippen LogP contribution is 2.40. The van der Waals surface area contributed by atoms with Crippen LogP contribution in [-0.2, 0) is 9.59 Å². The summed E-state index contributed by atoms with van der Waals surface area (Å²) in [5.41, 5.74) is 2.58. The molecule has 1 aliphatic carbocycles. The lowest BCUT2D eigenvalue weighted by molar-refractivity contribution is -0.134. The summed E-state index contributed by atoms with van der Waals surface area (Å²) in [6, 6.07) is 3.79. The fourth-order valence-electron chi connectivity index (χ4n) is 4.37. The number of fused-ring (bicyclic) bond motifs is 1. The molecule has 24 heavy (non-hydrogen) atoms. The number of nitrogens with zero attached hydrogens (tertiary/aromatic N) is 2. The Bertz CT molecular complexity index is 700. The van der Waals surface area contributed by atoms with Crippen LogP contribution in [0.25, 0.3) is 0 Å². The maximum atomic E-state index is 12.6. The number of nitrogens with one attached hydrogen (secondary N) is 2. The van der Waals surface area contributed by atoms with E-state index in [2.05, 4.69) is 15.6 Å². The summed E-state index contributed by atoms with van der Waals surface area (Å²) >= 11 is 0. The quantitative estimate of drug-likeness (QED) is 0.815. The van der Waals surface area contributed by atoms with E-state index >= 15 is 0 Å². The fourth-order valence-corrected chi connectivity index (χ4v) is 4.37. The topological polar surface area (TPSA) is 74.3 Å². The number of amides is 2. The Morgan fingerprint density at radius 3 is 2.75 bits per heavy atom. The van der Waals surface area contributed by atoms with E-state index in [0.717, 1.165) is 36.9 Å². The van der Waals surface area contributed by atoms with E-state index in [4.69, 9.17) is 0 Å². The Morgan fingerprint density at radius 2 is 2.00 bits per heavy atom. The van der Waals surface area contributed by atoms with Gasteiger partial charge in [-0.1, -0.05) is 12.8 Å². The van der Waals surface area contributed by atoms with Gasteiger partial charge in [-0.3, -0.25) is 14.6 Å². The molecule has 3 unspecified atom stereocenters. The highest BCUT2D eigenvalue weighted by Gasteiger charge is 2.45. The molecule has 3 atom stereocenters. The largest absolute Gasteiger partial charge is 0.382 e. The number of rotatable bonds is 1. The van der Waals surface area contributed by atoms with Crippen LogP contribution in [0.1, 0.15) is 44.2 Å². The maximum Gasteiger partial charge on any atom is 0.251 e. The molecule has 2 N–H and O–H groups in total. The number of carbonyl (C=O) groups excluding carboxylic acids is 2. The van der Waals surface area contributed by atoms with Crippen molar-refractivity contribution in [3.05, 3.63) is 41.4 Å². The van der Waals surface area contributed by atoms with E-state index in [0.29, 0.717) is 12.1 Å². The van der Waals surface area contributed by atoms with Crippen molar-refractivity contribution in [2.45, 2.75) is 50.7 Å². The van der Waals surface area contributed by atoms with Crippen molar-refractivity contribution in [1.29, 1.82) is 0 Å². The molecule has 1 saturated carbocycles. The summed E-state index contributed by atoms with van der Waals surface area (Å²) in [6.07, 6.45) is 7.72. The highest BCUT2D eigenvalue weighted by atomic mass is 16.2. The van der Waals surface area contributed by atoms with Crippen LogP contribution in [0, 0.1) is 0 Å². The van der Waals surface area contributed by atoms with Crippen LogP contribution in [0.3, 0.4) is 0 Å². The first-order valence-electron chi connectivity index (χ1n) is 8.63. The van der Waals surface area contributed by atoms with Crippen molar-refractivity contribution in [1.82, 2.24) is 20.5 Å². The molecule has 4 rings (SSSR count). The van der Waals surface area contributed by atoms with Gasteiger partial charge in [-0.25, -0.2) is 0 Å². The predicted octanol–water partition coefficient (Wildman–Crippen LogP) is 1.27. The molecular weight excluding hydrogens is 304 g/mol. The van der Waals surface area contributed by atoms with Crippen LogP contribution < -0.4 is 10.6 Å². The lowest BCUT2D eigenvalue weighted by Crippen LogP contribution is -2.53. The van der Waals surface area contributed by atoms with Gasteiger partial charge in [0.2, 0.25) is 5.91 Å². The third kappa shape index (κ3) is 2.37. The van der Waals surface area contributed by atoms with E-state index < -0.39 is 0 Å². The van der Waals surface area contributed by atoms with Crippen molar-refractivity contribution in [3.8, 4) is 0 Å². The smallest absolute Gasteiger partial charge is 0.251 e. The molecule has 0 saturated heterocycles. The van der Waals surface area contributed by atoms with E-state index in [1.54, 1.807) is 19.3 Å². The fraction of sp³-hybridized carbons (Fsp3) is 0.500. The number of carbonyl (C=O) groups is 2. The van der Waals surface area contributed by atoms with Gasteiger partial charge in [0.05, 0.1) is 24.2 Å². The van der Waals surface area contributed by atoms with Gasteiger partial charge >= 0.3 is 0 Å². The Labute approximate surface area is 141 Å². The average Bonchev–Trinajstić information content (AvgIpc) is 2.87. The Morgan fingerprint density at radius 1 is 1.25 bits per heavy atom. The summed E-state index contributed by atoms with van der Waals surface area (Å²) in [6.45, 7) is 2.13. The van der Waals surface area contributed by atoms with E-state index in [1.807, 2.05) is 17.0 Å². The van der Waals surface area contributed by atoms with Crippen LogP contribution in [0.5, 0.6) is 0 Å². The minimum absolute atomic E-state index is 0.0176. The Balaban J connectivity index is 1.88. The molecule has 1 fully saturated rings. The Hall–Kier alpha value is -2.37. The number of aromatic nitrogens is 1. The summed E-state index contributed by atoms with van der Waals surface area (Å²) in [5, 5.41) is 6.50. The van der Waals surface area contributed by atoms with Crippen LogP contribution in [0.15, 0.2) is 35.8 Å². The molecular formula is C18H22N4O2. The van der Waals surface area contributed by atoms with Gasteiger partial charge < -0.3 is 15.5 Å². The third-order valence-corrected chi connectivity index (χ3v) is 5.38. The summed E-state index contributed by atoms with van der Waals surface area (Å²) in [4.78, 5) is 31.2. The average molecular weight is 326 g/mol. The molecule has 6 nitrogen and oxygen atoms in total. The Kier molecular flexibility index (Phi) is 3.75. The predicted molar refractivity (Wildman–Crippen MR) is 88.7 cm³/mol. The van der Waals surface area contributed by atoms with Gasteiger partial charge in [0.1, 0.15) is 0 Å². The summed E-state index contributed by atoms with van der Waals surface area (Å²) in [7, 11) is 0. The van der Waals surface area contributed by atoms with Gasteiger partial charge in [0.15, 0.2) is 0 Å². The molecule has 126 valence electrons. The minimum atomic E-state index is -0.344. The molecule has 3 aliphatic rings. The van der Waals surface area contributed by atoms with E-state index in [9.17, 15) is 9.59 Å². The van der Waals surface area contributed by atoms with Gasteiger partial charge in [-0.2, -0.15) is 0 Å². The highest BCUT2D eigenvalue weighted by molar-refractivity contribution is 5.99. The zero-order chi connectivity index (χ0) is 16.7. The van der Waals surface area contributed by atoms with Crippen LogP contribution in [-0.4, -0.2) is 40.3 Å². The SMILES string of the molecule is CC(=O)N1C(c2ccncc2)C2=C(CNC2=O)NC2CCCCC21. The zero-order valence-electron chi connectivity index (χ0n) is 13.8. The standard InChI is InChI=1S/C18H22N4O2/c1-11(23)22-15-5-3-2-4-13(15)21-14-10-20-18(24)16(14)17(22)12-6-8-19-9-7-12/h6-9,13,15,17,21H,2-5,10H2,1H3,(H,20,24). The molecule has 6 heteroatoms. The maximum absolute atomic E-state index is 12.6. The van der Waals surface area contributed by atoms with Gasteiger partial charge in [0.25, 0.3) is 5.91 Å². The van der Waals surface area contributed by atoms with Crippen molar-refractivity contribution in [2.24, 2.45) is 0 Å². The van der Waals surface area contributed by atoms with Crippen molar-refractivity contribution < 1.29 is 9.59 Å². The zero-order valence-corrected chi connectivity index (χ0v) is 13.8. The van der Waals surface area contributed by atoms with Crippen LogP contribution >= 0.6 is 0 Å².